The van der Waals surface area contributed by atoms with Gasteiger partial charge >= 0.3 is 0 Å². The van der Waals surface area contributed by atoms with Gasteiger partial charge in [0.05, 0.1) is 12.1 Å². The molecule has 2 N–H and O–H groups in total. The number of nitrogens with one attached hydrogen (secondary N) is 2. The monoisotopic (exact) mass is 434 g/mol. The Morgan fingerprint density at radius 2 is 2.00 bits per heavy atom. The van der Waals surface area contributed by atoms with Crippen LogP contribution in [0.3, 0.4) is 0 Å². The van der Waals surface area contributed by atoms with Gasteiger partial charge < -0.3 is 15.2 Å². The fourth-order valence-electron chi connectivity index (χ4n) is 4.48. The maximum Gasteiger partial charge on any atom is 0.253 e. The lowest BCUT2D eigenvalue weighted by atomic mass is 9.96. The number of pyridine rings is 2. The molecule has 0 amide bonds. The second-order valence-corrected chi connectivity index (χ2v) is 9.06. The Kier molecular flexibility index (Phi) is 6.66. The maximum atomic E-state index is 12.9. The molecule has 0 atom stereocenters. The van der Waals surface area contributed by atoms with Gasteiger partial charge in [-0.05, 0) is 73.6 Å². The molecule has 3 aromatic rings. The van der Waals surface area contributed by atoms with E-state index in [2.05, 4.69) is 39.2 Å². The Balaban J connectivity index is 1.62. The third kappa shape index (κ3) is 5.31. The number of thiocarbonyl (C=S) groups is 1. The average Bonchev–Trinajstić information content (AvgIpc) is 2.76. The highest BCUT2D eigenvalue weighted by Crippen LogP contribution is 2.20. The minimum absolute atomic E-state index is 0.0592. The molecule has 0 aliphatic heterocycles. The number of hydrogen-bond donors (Lipinski definition) is 2. The molecule has 31 heavy (non-hydrogen) atoms. The van der Waals surface area contributed by atoms with Gasteiger partial charge in [0.1, 0.15) is 0 Å². The third-order valence-electron chi connectivity index (χ3n) is 6.05. The molecule has 1 saturated carbocycles. The number of fused-ring (bicyclic) bond motifs is 1. The summed E-state index contributed by atoms with van der Waals surface area (Å²) in [6.45, 7) is 5.17. The quantitative estimate of drug-likeness (QED) is 0.568. The molecule has 1 aromatic carbocycles. The first kappa shape index (κ1) is 21.5. The highest BCUT2D eigenvalue weighted by molar-refractivity contribution is 7.80. The van der Waals surface area contributed by atoms with Gasteiger partial charge in [0.2, 0.25) is 0 Å². The lowest BCUT2D eigenvalue weighted by molar-refractivity contribution is 0.362. The first-order valence-corrected chi connectivity index (χ1v) is 11.5. The smallest absolute Gasteiger partial charge is 0.253 e. The Labute approximate surface area is 188 Å². The van der Waals surface area contributed by atoms with E-state index < -0.39 is 0 Å². The number of hydrogen-bond acceptors (Lipinski definition) is 3. The number of aromatic amines is 1. The van der Waals surface area contributed by atoms with Crippen LogP contribution in [0.15, 0.2) is 47.5 Å². The largest absolute Gasteiger partial charge is 0.360 e. The summed E-state index contributed by atoms with van der Waals surface area (Å²) in [4.78, 5) is 22.3. The number of H-pyrrole nitrogens is 1. The Hall–Kier alpha value is -2.73. The first-order valence-electron chi connectivity index (χ1n) is 11.1. The van der Waals surface area contributed by atoms with Crippen molar-refractivity contribution < 1.29 is 0 Å². The van der Waals surface area contributed by atoms with Crippen molar-refractivity contribution >= 4 is 28.2 Å². The molecule has 6 heteroatoms. The molecule has 5 nitrogen and oxygen atoms in total. The molecule has 0 spiro atoms. The Bertz CT molecular complexity index is 1120. The van der Waals surface area contributed by atoms with E-state index in [1.54, 1.807) is 6.20 Å². The number of rotatable bonds is 5. The van der Waals surface area contributed by atoms with Crippen molar-refractivity contribution in [1.29, 1.82) is 0 Å². The van der Waals surface area contributed by atoms with Crippen LogP contribution >= 0.6 is 12.2 Å². The summed E-state index contributed by atoms with van der Waals surface area (Å²) in [6.07, 6.45) is 9.71. The summed E-state index contributed by atoms with van der Waals surface area (Å²) in [5.74, 6) is 0. The molecular formula is C25H30N4OS. The summed E-state index contributed by atoms with van der Waals surface area (Å²) in [6, 6.07) is 10.6. The van der Waals surface area contributed by atoms with E-state index in [-0.39, 0.29) is 5.56 Å². The number of nitrogens with zero attached hydrogens (tertiary/aromatic N) is 2. The van der Waals surface area contributed by atoms with Crippen molar-refractivity contribution in [1.82, 2.24) is 20.2 Å². The second-order valence-electron chi connectivity index (χ2n) is 8.67. The summed E-state index contributed by atoms with van der Waals surface area (Å²) in [7, 11) is 0. The van der Waals surface area contributed by atoms with Crippen molar-refractivity contribution in [2.24, 2.45) is 0 Å². The topological polar surface area (TPSA) is 61.0 Å². The molecule has 1 aliphatic carbocycles. The molecule has 4 rings (SSSR count). The highest BCUT2D eigenvalue weighted by Gasteiger charge is 2.19. The predicted octanol–water partition coefficient (Wildman–Crippen LogP) is 4.75. The van der Waals surface area contributed by atoms with Crippen LogP contribution in [0.25, 0.3) is 10.9 Å². The normalized spacial score (nSPS) is 14.5. The van der Waals surface area contributed by atoms with E-state index in [9.17, 15) is 4.79 Å². The molecule has 1 fully saturated rings. The van der Waals surface area contributed by atoms with E-state index in [1.165, 1.54) is 24.8 Å². The van der Waals surface area contributed by atoms with Crippen molar-refractivity contribution in [3.8, 4) is 0 Å². The van der Waals surface area contributed by atoms with Crippen LogP contribution in [0, 0.1) is 13.8 Å². The van der Waals surface area contributed by atoms with Crippen LogP contribution in [0.5, 0.6) is 0 Å². The standard InChI is InChI=1S/C25H30N4OS/c1-17-11-18(2)23-20(12-17)13-21(24(30)28-23)16-29(15-19-7-6-10-26-14-19)25(31)27-22-8-4-3-5-9-22/h6-7,10-14,22H,3-5,8-9,15-16H2,1-2H3,(H,27,31)(H,28,30). The van der Waals surface area contributed by atoms with Crippen LogP contribution in [0.4, 0.5) is 0 Å². The lowest BCUT2D eigenvalue weighted by Crippen LogP contribution is -2.45. The zero-order valence-electron chi connectivity index (χ0n) is 18.3. The molecule has 162 valence electrons. The number of aromatic nitrogens is 2. The third-order valence-corrected chi connectivity index (χ3v) is 6.42. The molecule has 2 heterocycles. The Morgan fingerprint density at radius 1 is 1.19 bits per heavy atom. The minimum atomic E-state index is -0.0592. The van der Waals surface area contributed by atoms with Gasteiger partial charge in [-0.15, -0.1) is 0 Å². The summed E-state index contributed by atoms with van der Waals surface area (Å²) in [5.41, 5.74) is 4.90. The molecule has 0 saturated heterocycles. The zero-order chi connectivity index (χ0) is 21.8. The van der Waals surface area contributed by atoms with Crippen molar-refractivity contribution in [2.75, 3.05) is 0 Å². The minimum Gasteiger partial charge on any atom is -0.360 e. The summed E-state index contributed by atoms with van der Waals surface area (Å²) in [5, 5.41) is 5.32. The van der Waals surface area contributed by atoms with Gasteiger partial charge in [0, 0.05) is 30.5 Å². The van der Waals surface area contributed by atoms with Gasteiger partial charge in [0.25, 0.3) is 5.56 Å². The van der Waals surface area contributed by atoms with E-state index >= 15 is 0 Å². The van der Waals surface area contributed by atoms with Crippen LogP contribution in [0.1, 0.15) is 54.4 Å². The van der Waals surface area contributed by atoms with Crippen molar-refractivity contribution in [2.45, 2.75) is 65.1 Å². The van der Waals surface area contributed by atoms with Crippen LogP contribution in [0.2, 0.25) is 0 Å². The summed E-state index contributed by atoms with van der Waals surface area (Å²) < 4.78 is 0. The highest BCUT2D eigenvalue weighted by atomic mass is 32.1. The van der Waals surface area contributed by atoms with Gasteiger partial charge in [-0.2, -0.15) is 0 Å². The van der Waals surface area contributed by atoms with Gasteiger partial charge in [0.15, 0.2) is 5.11 Å². The molecule has 0 unspecified atom stereocenters. The maximum absolute atomic E-state index is 12.9. The van der Waals surface area contributed by atoms with Gasteiger partial charge in [-0.25, -0.2) is 0 Å². The number of aryl methyl sites for hydroxylation is 2. The van der Waals surface area contributed by atoms with E-state index in [4.69, 9.17) is 12.2 Å². The van der Waals surface area contributed by atoms with Gasteiger partial charge in [-0.1, -0.05) is 37.0 Å². The Morgan fingerprint density at radius 3 is 2.74 bits per heavy atom. The van der Waals surface area contributed by atoms with Crippen LogP contribution in [-0.2, 0) is 13.1 Å². The predicted molar refractivity (Wildman–Crippen MR) is 130 cm³/mol. The molecule has 2 aromatic heterocycles. The molecule has 0 radical (unpaired) electrons. The van der Waals surface area contributed by atoms with Crippen LogP contribution < -0.4 is 10.9 Å². The molecular weight excluding hydrogens is 404 g/mol. The lowest BCUT2D eigenvalue weighted by Gasteiger charge is -2.31. The first-order chi connectivity index (χ1) is 15.0. The van der Waals surface area contributed by atoms with Crippen molar-refractivity contribution in [3.63, 3.8) is 0 Å². The van der Waals surface area contributed by atoms with E-state index in [0.717, 1.165) is 34.9 Å². The average molecular weight is 435 g/mol. The molecule has 0 bridgehead atoms. The molecule has 1 aliphatic rings. The van der Waals surface area contributed by atoms with Crippen LogP contribution in [-0.4, -0.2) is 26.0 Å². The number of benzene rings is 1. The van der Waals surface area contributed by atoms with E-state index in [1.807, 2.05) is 31.3 Å². The van der Waals surface area contributed by atoms with Gasteiger partial charge in [-0.3, -0.25) is 9.78 Å². The van der Waals surface area contributed by atoms with Crippen molar-refractivity contribution in [3.05, 3.63) is 75.3 Å². The fourth-order valence-corrected chi connectivity index (χ4v) is 4.78. The van der Waals surface area contributed by atoms with E-state index in [0.29, 0.717) is 29.8 Å². The fraction of sp³-hybridized carbons (Fsp3) is 0.400. The zero-order valence-corrected chi connectivity index (χ0v) is 19.1. The second kappa shape index (κ2) is 9.60. The SMILES string of the molecule is Cc1cc(C)c2[nH]c(=O)c(CN(Cc3cccnc3)C(=S)NC3CCCCC3)cc2c1. The summed E-state index contributed by atoms with van der Waals surface area (Å²) >= 11 is 5.82.